The van der Waals surface area contributed by atoms with Crippen molar-refractivity contribution in [3.8, 4) is 44.9 Å². The molecule has 3 aliphatic rings. The second-order valence-electron chi connectivity index (χ2n) is 15.3. The molecule has 2 heteroatoms. The van der Waals surface area contributed by atoms with Gasteiger partial charge in [-0.3, -0.25) is 0 Å². The standard InChI is InChI=1S/C52H37NO.CH4.H2/c1-51(2)43-19-9-6-16-39(43)42-30-28-37(32-48(42)51)53(36-26-24-35(25-27-36)34-14-4-3-5-15-34)38-29-31-47-50(33-38)54-49-23-13-12-22-46(49)52(47)44-20-10-7-17-40(44)41-18-8-11-21-45(41)52;;/h3-33H,1-2H3;1H4;1H. The molecule has 0 atom stereocenters. The average molecular weight is 710 g/mol. The number of anilines is 3. The van der Waals surface area contributed by atoms with Crippen LogP contribution in [-0.2, 0) is 10.8 Å². The molecule has 11 rings (SSSR count). The molecule has 0 unspecified atom stereocenters. The van der Waals surface area contributed by atoms with Gasteiger partial charge in [0.2, 0.25) is 0 Å². The summed E-state index contributed by atoms with van der Waals surface area (Å²) in [5, 5.41) is 0. The fourth-order valence-corrected chi connectivity index (χ4v) is 9.70. The van der Waals surface area contributed by atoms with Gasteiger partial charge in [-0.2, -0.15) is 0 Å². The van der Waals surface area contributed by atoms with Gasteiger partial charge in [-0.1, -0.05) is 167 Å². The highest BCUT2D eigenvalue weighted by Gasteiger charge is 2.51. The van der Waals surface area contributed by atoms with Crippen molar-refractivity contribution in [3.63, 3.8) is 0 Å². The molecule has 0 bridgehead atoms. The predicted octanol–water partition coefficient (Wildman–Crippen LogP) is 14.5. The molecule has 2 nitrogen and oxygen atoms in total. The number of ether oxygens (including phenoxy) is 1. The first kappa shape index (κ1) is 33.0. The second-order valence-corrected chi connectivity index (χ2v) is 15.3. The molecule has 0 saturated heterocycles. The van der Waals surface area contributed by atoms with E-state index < -0.39 is 5.41 Å². The highest BCUT2D eigenvalue weighted by Crippen LogP contribution is 2.62. The minimum Gasteiger partial charge on any atom is -0.457 e. The Hall–Kier alpha value is -6.64. The third-order valence-corrected chi connectivity index (χ3v) is 12.1. The number of rotatable bonds is 4. The smallest absolute Gasteiger partial charge is 0.134 e. The number of para-hydroxylation sites is 1. The van der Waals surface area contributed by atoms with E-state index in [1.54, 1.807) is 0 Å². The third kappa shape index (κ3) is 4.61. The van der Waals surface area contributed by atoms with E-state index >= 15 is 0 Å². The van der Waals surface area contributed by atoms with Crippen LogP contribution in [0, 0.1) is 0 Å². The maximum Gasteiger partial charge on any atom is 0.134 e. The third-order valence-electron chi connectivity index (χ3n) is 12.1. The number of benzene rings is 8. The van der Waals surface area contributed by atoms with Gasteiger partial charge >= 0.3 is 0 Å². The van der Waals surface area contributed by atoms with Gasteiger partial charge in [-0.25, -0.2) is 0 Å². The summed E-state index contributed by atoms with van der Waals surface area (Å²) in [6.07, 6.45) is 0. The number of hydrogen-bond acceptors (Lipinski definition) is 2. The molecule has 1 spiro atoms. The molecule has 0 radical (unpaired) electrons. The minimum atomic E-state index is -0.499. The Kier molecular flexibility index (Phi) is 7.31. The first-order chi connectivity index (χ1) is 26.5. The lowest BCUT2D eigenvalue weighted by Crippen LogP contribution is -2.32. The Bertz CT molecular complexity index is 2740. The summed E-state index contributed by atoms with van der Waals surface area (Å²) in [5.41, 5.74) is 17.9. The molecule has 8 aromatic carbocycles. The zero-order chi connectivity index (χ0) is 36.0. The molecular formula is C53H43NO. The maximum atomic E-state index is 6.96. The van der Waals surface area contributed by atoms with Gasteiger partial charge < -0.3 is 9.64 Å². The zero-order valence-corrected chi connectivity index (χ0v) is 30.3. The van der Waals surface area contributed by atoms with Gasteiger partial charge in [0.25, 0.3) is 0 Å². The number of nitrogens with zero attached hydrogens (tertiary/aromatic N) is 1. The summed E-state index contributed by atoms with van der Waals surface area (Å²) in [6, 6.07) is 68.7. The summed E-state index contributed by atoms with van der Waals surface area (Å²) < 4.78 is 6.96. The lowest BCUT2D eigenvalue weighted by atomic mass is 9.66. The van der Waals surface area contributed by atoms with Crippen molar-refractivity contribution < 1.29 is 6.16 Å². The van der Waals surface area contributed by atoms with E-state index in [9.17, 15) is 0 Å². The minimum absolute atomic E-state index is 0. The van der Waals surface area contributed by atoms with E-state index in [0.29, 0.717) is 0 Å². The molecule has 0 aromatic heterocycles. The van der Waals surface area contributed by atoms with Gasteiger partial charge in [0.05, 0.1) is 5.41 Å². The van der Waals surface area contributed by atoms with E-state index in [1.165, 1.54) is 61.2 Å². The van der Waals surface area contributed by atoms with E-state index in [4.69, 9.17) is 4.74 Å². The van der Waals surface area contributed by atoms with Crippen LogP contribution < -0.4 is 9.64 Å². The van der Waals surface area contributed by atoms with Crippen molar-refractivity contribution in [1.29, 1.82) is 0 Å². The van der Waals surface area contributed by atoms with Crippen LogP contribution in [0.1, 0.15) is 56.1 Å². The molecule has 0 N–H and O–H groups in total. The van der Waals surface area contributed by atoms with E-state index in [2.05, 4.69) is 207 Å². The van der Waals surface area contributed by atoms with Crippen LogP contribution in [0.15, 0.2) is 188 Å². The summed E-state index contributed by atoms with van der Waals surface area (Å²) in [7, 11) is 0. The average Bonchev–Trinajstić information content (AvgIpc) is 3.64. The quantitative estimate of drug-likeness (QED) is 0.180. The normalized spacial score (nSPS) is 14.3. The summed E-state index contributed by atoms with van der Waals surface area (Å²) >= 11 is 0. The van der Waals surface area contributed by atoms with Gasteiger partial charge in [0.15, 0.2) is 0 Å². The fraction of sp³-hybridized carbons (Fsp3) is 0.0943. The van der Waals surface area contributed by atoms with Crippen LogP contribution in [0.4, 0.5) is 17.1 Å². The van der Waals surface area contributed by atoms with Crippen molar-refractivity contribution in [3.05, 3.63) is 221 Å². The molecule has 2 aliphatic carbocycles. The molecule has 266 valence electrons. The molecule has 55 heavy (non-hydrogen) atoms. The molecule has 0 saturated carbocycles. The van der Waals surface area contributed by atoms with Crippen LogP contribution in [0.3, 0.4) is 0 Å². The molecule has 8 aromatic rings. The maximum absolute atomic E-state index is 6.96. The number of hydrogen-bond donors (Lipinski definition) is 0. The van der Waals surface area contributed by atoms with Crippen molar-refractivity contribution in [2.75, 3.05) is 4.90 Å². The predicted molar refractivity (Wildman–Crippen MR) is 230 cm³/mol. The van der Waals surface area contributed by atoms with Gasteiger partial charge in [-0.05, 0) is 92.0 Å². The lowest BCUT2D eigenvalue weighted by Gasteiger charge is -2.40. The number of fused-ring (bicyclic) bond motifs is 12. The zero-order valence-electron chi connectivity index (χ0n) is 30.3. The van der Waals surface area contributed by atoms with Crippen molar-refractivity contribution in [2.24, 2.45) is 0 Å². The summed E-state index contributed by atoms with van der Waals surface area (Å²) in [5.74, 6) is 1.77. The van der Waals surface area contributed by atoms with Crippen LogP contribution in [0.2, 0.25) is 0 Å². The Morgan fingerprint density at radius 3 is 1.55 bits per heavy atom. The van der Waals surface area contributed by atoms with Gasteiger partial charge in [0.1, 0.15) is 11.5 Å². The van der Waals surface area contributed by atoms with Crippen molar-refractivity contribution >= 4 is 17.1 Å². The Balaban J connectivity index is 0.00000205. The summed E-state index contributed by atoms with van der Waals surface area (Å²) in [6.45, 7) is 4.70. The fourth-order valence-electron chi connectivity index (χ4n) is 9.70. The first-order valence-electron chi connectivity index (χ1n) is 18.8. The highest BCUT2D eigenvalue weighted by atomic mass is 16.5. The molecule has 1 heterocycles. The van der Waals surface area contributed by atoms with Gasteiger partial charge in [0, 0.05) is 41.1 Å². The van der Waals surface area contributed by atoms with E-state index in [-0.39, 0.29) is 14.3 Å². The Labute approximate surface area is 325 Å². The van der Waals surface area contributed by atoms with Crippen LogP contribution in [-0.4, -0.2) is 0 Å². The second kappa shape index (κ2) is 12.2. The molecular weight excluding hydrogens is 667 g/mol. The van der Waals surface area contributed by atoms with Crippen molar-refractivity contribution in [1.82, 2.24) is 0 Å². The monoisotopic (exact) mass is 709 g/mol. The lowest BCUT2D eigenvalue weighted by molar-refractivity contribution is 0.436. The Morgan fingerprint density at radius 2 is 0.855 bits per heavy atom. The summed E-state index contributed by atoms with van der Waals surface area (Å²) in [4.78, 5) is 2.39. The van der Waals surface area contributed by atoms with Crippen molar-refractivity contribution in [2.45, 2.75) is 32.1 Å². The molecule has 0 amide bonds. The van der Waals surface area contributed by atoms with Crippen LogP contribution >= 0.6 is 0 Å². The SMILES string of the molecule is C.CC1(C)c2ccccc2-c2ccc(N(c3ccc(-c4ccccc4)cc3)c3ccc4c(c3)Oc3ccccc3C43c4ccccc4-c4ccccc43)cc21.[HH]. The van der Waals surface area contributed by atoms with Crippen LogP contribution in [0.25, 0.3) is 33.4 Å². The Morgan fingerprint density at radius 1 is 0.382 bits per heavy atom. The highest BCUT2D eigenvalue weighted by molar-refractivity contribution is 5.90. The largest absolute Gasteiger partial charge is 0.457 e. The van der Waals surface area contributed by atoms with E-state index in [1.807, 2.05) is 0 Å². The van der Waals surface area contributed by atoms with E-state index in [0.717, 1.165) is 34.1 Å². The first-order valence-corrected chi connectivity index (χ1v) is 18.8. The topological polar surface area (TPSA) is 12.5 Å². The van der Waals surface area contributed by atoms with Gasteiger partial charge in [-0.15, -0.1) is 0 Å². The van der Waals surface area contributed by atoms with Crippen LogP contribution in [0.5, 0.6) is 11.5 Å². The molecule has 0 fully saturated rings. The molecule has 1 aliphatic heterocycles.